The van der Waals surface area contributed by atoms with Gasteiger partial charge in [0.05, 0.1) is 0 Å². The molecule has 33 heavy (non-hydrogen) atoms. The van der Waals surface area contributed by atoms with Crippen molar-refractivity contribution in [1.82, 2.24) is 10.2 Å². The number of aliphatic hydroxyl groups is 1. The molecule has 1 heterocycles. The van der Waals surface area contributed by atoms with Crippen molar-refractivity contribution in [3.8, 4) is 0 Å². The lowest BCUT2D eigenvalue weighted by atomic mass is 10.0. The van der Waals surface area contributed by atoms with Crippen LogP contribution in [0, 0.1) is 5.92 Å². The number of hydrogen-bond acceptors (Lipinski definition) is 4. The smallest absolute Gasteiger partial charge is 0.251 e. The van der Waals surface area contributed by atoms with E-state index in [1.807, 2.05) is 23.1 Å². The maximum absolute atomic E-state index is 12.8. The van der Waals surface area contributed by atoms with E-state index in [0.717, 1.165) is 76.0 Å². The standard InChI is InChI=1S/C27H45N3O3/c1-22(2)14-18-29-16-9-5-4-6-10-17-30(23(3)32)26-13-12-24(20-25(26)21-29)27(33)28-15-8-7-11-19-31/h12-13,20,22,31H,4-11,14-19,21H2,1-3H3,(H,28,33). The van der Waals surface area contributed by atoms with Gasteiger partial charge in [0, 0.05) is 44.4 Å². The normalized spacial score (nSPS) is 16.1. The number of aliphatic hydroxyl groups excluding tert-OH is 1. The summed E-state index contributed by atoms with van der Waals surface area (Å²) in [6, 6.07) is 5.80. The molecule has 0 fully saturated rings. The summed E-state index contributed by atoms with van der Waals surface area (Å²) in [7, 11) is 0. The number of rotatable bonds is 9. The van der Waals surface area contributed by atoms with Gasteiger partial charge in [0.15, 0.2) is 0 Å². The van der Waals surface area contributed by atoms with E-state index < -0.39 is 0 Å². The van der Waals surface area contributed by atoms with Crippen LogP contribution >= 0.6 is 0 Å². The van der Waals surface area contributed by atoms with E-state index in [1.54, 1.807) is 6.92 Å². The average molecular weight is 460 g/mol. The second-order valence-electron chi connectivity index (χ2n) is 9.78. The molecule has 0 atom stereocenters. The highest BCUT2D eigenvalue weighted by Gasteiger charge is 2.20. The van der Waals surface area contributed by atoms with Crippen LogP contribution in [0.25, 0.3) is 0 Å². The summed E-state index contributed by atoms with van der Waals surface area (Å²) in [5, 5.41) is 11.9. The monoisotopic (exact) mass is 459 g/mol. The van der Waals surface area contributed by atoms with Gasteiger partial charge in [-0.15, -0.1) is 0 Å². The second-order valence-corrected chi connectivity index (χ2v) is 9.78. The third kappa shape index (κ3) is 9.85. The van der Waals surface area contributed by atoms with Crippen molar-refractivity contribution in [2.24, 2.45) is 5.92 Å². The van der Waals surface area contributed by atoms with Gasteiger partial charge in [-0.05, 0) is 81.3 Å². The largest absolute Gasteiger partial charge is 0.396 e. The van der Waals surface area contributed by atoms with Crippen LogP contribution in [0.2, 0.25) is 0 Å². The number of hydrogen-bond donors (Lipinski definition) is 2. The van der Waals surface area contributed by atoms with Crippen LogP contribution < -0.4 is 10.2 Å². The number of carbonyl (C=O) groups is 2. The quantitative estimate of drug-likeness (QED) is 0.523. The fraction of sp³-hybridized carbons (Fsp3) is 0.704. The van der Waals surface area contributed by atoms with Gasteiger partial charge in [-0.25, -0.2) is 0 Å². The predicted molar refractivity (Wildman–Crippen MR) is 136 cm³/mol. The molecule has 6 nitrogen and oxygen atoms in total. The SMILES string of the molecule is CC(=O)N1CCCCCCCN(CCC(C)C)Cc2cc(C(=O)NCCCCCO)ccc21. The van der Waals surface area contributed by atoms with E-state index in [9.17, 15) is 9.59 Å². The van der Waals surface area contributed by atoms with Crippen LogP contribution in [0.15, 0.2) is 18.2 Å². The molecular weight excluding hydrogens is 414 g/mol. The molecule has 1 aliphatic heterocycles. The Morgan fingerprint density at radius 1 is 1.03 bits per heavy atom. The molecule has 0 spiro atoms. The molecule has 186 valence electrons. The molecule has 0 saturated heterocycles. The Hall–Kier alpha value is -1.92. The Bertz CT molecular complexity index is 735. The minimum Gasteiger partial charge on any atom is -0.396 e. The summed E-state index contributed by atoms with van der Waals surface area (Å²) >= 11 is 0. The molecule has 1 aromatic rings. The summed E-state index contributed by atoms with van der Waals surface area (Å²) in [5.74, 6) is 0.627. The molecule has 2 amide bonds. The number of benzene rings is 1. The fourth-order valence-electron chi connectivity index (χ4n) is 4.37. The van der Waals surface area contributed by atoms with Crippen molar-refractivity contribution in [3.63, 3.8) is 0 Å². The molecule has 0 saturated carbocycles. The zero-order valence-corrected chi connectivity index (χ0v) is 21.1. The van der Waals surface area contributed by atoms with E-state index in [2.05, 4.69) is 24.1 Å². The van der Waals surface area contributed by atoms with Crippen LogP contribution in [0.5, 0.6) is 0 Å². The van der Waals surface area contributed by atoms with Crippen LogP contribution in [0.4, 0.5) is 5.69 Å². The lowest BCUT2D eigenvalue weighted by Gasteiger charge is -2.29. The van der Waals surface area contributed by atoms with Crippen molar-refractivity contribution in [3.05, 3.63) is 29.3 Å². The summed E-state index contributed by atoms with van der Waals surface area (Å²) < 4.78 is 0. The zero-order valence-electron chi connectivity index (χ0n) is 21.1. The number of fused-ring (bicyclic) bond motifs is 1. The number of amides is 2. The maximum Gasteiger partial charge on any atom is 0.251 e. The number of carbonyl (C=O) groups excluding carboxylic acids is 2. The summed E-state index contributed by atoms with van der Waals surface area (Å²) in [6.45, 7) is 10.5. The fourth-order valence-corrected chi connectivity index (χ4v) is 4.37. The van der Waals surface area contributed by atoms with Crippen LogP contribution in [-0.4, -0.2) is 54.6 Å². The molecule has 0 aliphatic carbocycles. The Labute approximate surface area is 200 Å². The van der Waals surface area contributed by atoms with Gasteiger partial charge in [0.2, 0.25) is 5.91 Å². The maximum atomic E-state index is 12.8. The minimum absolute atomic E-state index is 0.0584. The second kappa shape index (κ2) is 15.1. The Morgan fingerprint density at radius 3 is 2.45 bits per heavy atom. The molecule has 0 radical (unpaired) electrons. The first-order chi connectivity index (χ1) is 15.9. The van der Waals surface area contributed by atoms with Gasteiger partial charge in [0.25, 0.3) is 5.91 Å². The van der Waals surface area contributed by atoms with Crippen LogP contribution in [-0.2, 0) is 11.3 Å². The Balaban J connectivity index is 2.27. The van der Waals surface area contributed by atoms with Crippen LogP contribution in [0.3, 0.4) is 0 Å². The van der Waals surface area contributed by atoms with Crippen molar-refractivity contribution in [2.75, 3.05) is 37.7 Å². The van der Waals surface area contributed by atoms with Gasteiger partial charge in [-0.2, -0.15) is 0 Å². The van der Waals surface area contributed by atoms with E-state index in [4.69, 9.17) is 5.11 Å². The predicted octanol–water partition coefficient (Wildman–Crippen LogP) is 4.74. The summed E-state index contributed by atoms with van der Waals surface area (Å²) in [6.07, 6.45) is 9.45. The summed E-state index contributed by atoms with van der Waals surface area (Å²) in [4.78, 5) is 29.7. The highest BCUT2D eigenvalue weighted by Crippen LogP contribution is 2.26. The van der Waals surface area contributed by atoms with Gasteiger partial charge < -0.3 is 15.3 Å². The van der Waals surface area contributed by atoms with Crippen molar-refractivity contribution in [2.45, 2.75) is 85.1 Å². The molecule has 0 bridgehead atoms. The third-order valence-electron chi connectivity index (χ3n) is 6.41. The van der Waals surface area contributed by atoms with Crippen molar-refractivity contribution < 1.29 is 14.7 Å². The molecule has 0 aromatic heterocycles. The first-order valence-corrected chi connectivity index (χ1v) is 12.9. The first-order valence-electron chi connectivity index (χ1n) is 12.9. The zero-order chi connectivity index (χ0) is 24.1. The lowest BCUT2D eigenvalue weighted by Crippen LogP contribution is -2.33. The van der Waals surface area contributed by atoms with E-state index in [0.29, 0.717) is 18.0 Å². The number of nitrogens with zero attached hydrogens (tertiary/aromatic N) is 2. The molecule has 1 aromatic carbocycles. The lowest BCUT2D eigenvalue weighted by molar-refractivity contribution is -0.116. The minimum atomic E-state index is -0.0731. The number of anilines is 1. The summed E-state index contributed by atoms with van der Waals surface area (Å²) in [5.41, 5.74) is 2.65. The Morgan fingerprint density at radius 2 is 1.76 bits per heavy atom. The molecule has 2 N–H and O–H groups in total. The van der Waals surface area contributed by atoms with Crippen molar-refractivity contribution >= 4 is 17.5 Å². The van der Waals surface area contributed by atoms with E-state index in [-0.39, 0.29) is 18.4 Å². The first kappa shape index (κ1) is 27.3. The van der Waals surface area contributed by atoms with Gasteiger partial charge in [0.1, 0.15) is 0 Å². The molecule has 2 rings (SSSR count). The van der Waals surface area contributed by atoms with Gasteiger partial charge >= 0.3 is 0 Å². The average Bonchev–Trinajstić information content (AvgIpc) is 2.77. The van der Waals surface area contributed by atoms with Gasteiger partial charge in [-0.1, -0.05) is 33.1 Å². The highest BCUT2D eigenvalue weighted by molar-refractivity contribution is 5.97. The highest BCUT2D eigenvalue weighted by atomic mass is 16.3. The number of unbranched alkanes of at least 4 members (excludes halogenated alkanes) is 2. The topological polar surface area (TPSA) is 72.9 Å². The van der Waals surface area contributed by atoms with Gasteiger partial charge in [-0.3, -0.25) is 14.5 Å². The van der Waals surface area contributed by atoms with Crippen LogP contribution in [0.1, 0.15) is 94.5 Å². The third-order valence-corrected chi connectivity index (χ3v) is 6.41. The molecule has 6 heteroatoms. The Kier molecular flexibility index (Phi) is 12.5. The molecule has 1 aliphatic rings. The number of nitrogens with one attached hydrogen (secondary N) is 1. The molecular formula is C27H45N3O3. The molecule has 0 unspecified atom stereocenters. The van der Waals surface area contributed by atoms with E-state index >= 15 is 0 Å². The van der Waals surface area contributed by atoms with E-state index in [1.165, 1.54) is 19.3 Å². The van der Waals surface area contributed by atoms with Crippen molar-refractivity contribution in [1.29, 1.82) is 0 Å².